The first-order valence-corrected chi connectivity index (χ1v) is 7.85. The molecule has 1 amide bonds. The van der Waals surface area contributed by atoms with Crippen LogP contribution in [0.15, 0.2) is 48.5 Å². The van der Waals surface area contributed by atoms with Crippen LogP contribution in [-0.4, -0.2) is 11.4 Å². The number of rotatable bonds is 4. The summed E-state index contributed by atoms with van der Waals surface area (Å²) in [5.74, 6) is 0.276. The monoisotopic (exact) mass is 350 g/mol. The van der Waals surface area contributed by atoms with Gasteiger partial charge in [-0.1, -0.05) is 36.7 Å². The van der Waals surface area contributed by atoms with Gasteiger partial charge >= 0.3 is 0 Å². The van der Waals surface area contributed by atoms with E-state index in [1.165, 1.54) is 5.56 Å². The molecule has 122 valence electrons. The Morgan fingerprint density at radius 3 is 2.57 bits per heavy atom. The summed E-state index contributed by atoms with van der Waals surface area (Å²) in [6, 6.07) is 14.8. The van der Waals surface area contributed by atoms with E-state index in [9.17, 15) is 4.79 Å². The molecule has 1 aliphatic carbocycles. The number of hydrogen-bond acceptors (Lipinski definition) is 2. The third-order valence-corrected chi connectivity index (χ3v) is 4.67. The highest BCUT2D eigenvalue weighted by molar-refractivity contribution is 6.31. The number of carbonyl (C=O) groups is 1. The first-order valence-electron chi connectivity index (χ1n) is 7.47. The lowest BCUT2D eigenvalue weighted by Gasteiger charge is -2.09. The molecule has 0 aromatic heterocycles. The fourth-order valence-electron chi connectivity index (χ4n) is 2.79. The molecule has 0 heterocycles. The normalized spacial score (nSPS) is 22.1. The Bertz CT molecular complexity index is 702. The minimum atomic E-state index is -0.164. The van der Waals surface area contributed by atoms with Gasteiger partial charge in [0.1, 0.15) is 0 Å². The summed E-state index contributed by atoms with van der Waals surface area (Å²) in [5.41, 5.74) is 8.77. The average Bonchev–Trinajstić information content (AvgIpc) is 3.21. The number of anilines is 1. The summed E-state index contributed by atoms with van der Waals surface area (Å²) < 4.78 is 0. The van der Waals surface area contributed by atoms with Crippen molar-refractivity contribution in [1.82, 2.24) is 0 Å². The molecule has 23 heavy (non-hydrogen) atoms. The summed E-state index contributed by atoms with van der Waals surface area (Å²) in [4.78, 5) is 12.2. The van der Waals surface area contributed by atoms with Crippen LogP contribution in [-0.2, 0) is 0 Å². The highest BCUT2D eigenvalue weighted by Crippen LogP contribution is 2.51. The van der Waals surface area contributed by atoms with Crippen molar-refractivity contribution in [2.45, 2.75) is 31.2 Å². The number of amides is 1. The second kappa shape index (κ2) is 6.91. The molecule has 3 rings (SSSR count). The van der Waals surface area contributed by atoms with Crippen molar-refractivity contribution < 1.29 is 4.79 Å². The van der Waals surface area contributed by atoms with Crippen molar-refractivity contribution in [1.29, 1.82) is 0 Å². The lowest BCUT2D eigenvalue weighted by molar-refractivity contribution is 0.102. The van der Waals surface area contributed by atoms with Gasteiger partial charge in [-0.2, -0.15) is 0 Å². The second-order valence-electron chi connectivity index (χ2n) is 5.93. The SMILES string of the molecule is CC[C@]1(N)C[C@H]1c1ccc(NC(=O)c2cccc(Cl)c2)cc1.Cl. The van der Waals surface area contributed by atoms with Gasteiger partial charge < -0.3 is 11.1 Å². The molecular formula is C18H20Cl2N2O. The first kappa shape index (κ1) is 17.8. The van der Waals surface area contributed by atoms with Crippen molar-refractivity contribution in [2.24, 2.45) is 5.73 Å². The summed E-state index contributed by atoms with van der Waals surface area (Å²) in [6.07, 6.45) is 2.03. The molecule has 0 aliphatic heterocycles. The van der Waals surface area contributed by atoms with Gasteiger partial charge in [0, 0.05) is 27.7 Å². The molecule has 0 unspecified atom stereocenters. The molecule has 3 nitrogen and oxygen atoms in total. The molecule has 3 N–H and O–H groups in total. The van der Waals surface area contributed by atoms with Gasteiger partial charge in [-0.3, -0.25) is 4.79 Å². The van der Waals surface area contributed by atoms with E-state index >= 15 is 0 Å². The largest absolute Gasteiger partial charge is 0.325 e. The number of nitrogens with one attached hydrogen (secondary N) is 1. The maximum absolute atomic E-state index is 12.2. The predicted octanol–water partition coefficient (Wildman–Crippen LogP) is 4.61. The van der Waals surface area contributed by atoms with Crippen LogP contribution in [0.5, 0.6) is 0 Å². The summed E-state index contributed by atoms with van der Waals surface area (Å²) in [6.45, 7) is 2.12. The topological polar surface area (TPSA) is 55.1 Å². The number of hydrogen-bond donors (Lipinski definition) is 2. The number of nitrogens with two attached hydrogens (primary N) is 1. The molecule has 5 heteroatoms. The van der Waals surface area contributed by atoms with E-state index in [0.717, 1.165) is 18.5 Å². The van der Waals surface area contributed by atoms with Crippen LogP contribution in [0.25, 0.3) is 0 Å². The van der Waals surface area contributed by atoms with Crippen LogP contribution in [0.4, 0.5) is 5.69 Å². The molecular weight excluding hydrogens is 331 g/mol. The zero-order valence-electron chi connectivity index (χ0n) is 12.9. The molecule has 0 bridgehead atoms. The zero-order valence-corrected chi connectivity index (χ0v) is 14.5. The summed E-state index contributed by atoms with van der Waals surface area (Å²) in [5, 5.41) is 3.43. The van der Waals surface area contributed by atoms with E-state index < -0.39 is 0 Å². The second-order valence-corrected chi connectivity index (χ2v) is 6.37. The Kier molecular flexibility index (Phi) is 5.35. The molecule has 0 spiro atoms. The minimum absolute atomic E-state index is 0. The Balaban J connectivity index is 0.00000192. The van der Waals surface area contributed by atoms with E-state index in [-0.39, 0.29) is 23.9 Å². The van der Waals surface area contributed by atoms with Gasteiger partial charge in [0.05, 0.1) is 0 Å². The summed E-state index contributed by atoms with van der Waals surface area (Å²) >= 11 is 5.90. The fraction of sp³-hybridized carbons (Fsp3) is 0.278. The molecule has 0 saturated heterocycles. The predicted molar refractivity (Wildman–Crippen MR) is 97.7 cm³/mol. The molecule has 0 radical (unpaired) electrons. The lowest BCUT2D eigenvalue weighted by atomic mass is 10.0. The highest BCUT2D eigenvalue weighted by Gasteiger charge is 2.49. The van der Waals surface area contributed by atoms with Crippen LogP contribution in [0.1, 0.15) is 41.6 Å². The average molecular weight is 351 g/mol. The maximum Gasteiger partial charge on any atom is 0.255 e. The smallest absolute Gasteiger partial charge is 0.255 e. The summed E-state index contributed by atoms with van der Waals surface area (Å²) in [7, 11) is 0. The fourth-order valence-corrected chi connectivity index (χ4v) is 2.98. The van der Waals surface area contributed by atoms with Crippen LogP contribution >= 0.6 is 24.0 Å². The van der Waals surface area contributed by atoms with Gasteiger partial charge in [0.2, 0.25) is 0 Å². The van der Waals surface area contributed by atoms with Gasteiger partial charge in [-0.25, -0.2) is 0 Å². The molecule has 1 aliphatic rings. The number of carbonyl (C=O) groups excluding carboxylic acids is 1. The Morgan fingerprint density at radius 1 is 1.30 bits per heavy atom. The van der Waals surface area contributed by atoms with Crippen molar-refractivity contribution >= 4 is 35.6 Å². The standard InChI is InChI=1S/C18H19ClN2O.ClH/c1-2-18(20)11-16(18)12-6-8-15(9-7-12)21-17(22)13-4-3-5-14(19)10-13;/h3-10,16H,2,11,20H2,1H3,(H,21,22);1H/t16-,18-;/m0./s1. The Hall–Kier alpha value is -1.55. The van der Waals surface area contributed by atoms with Crippen LogP contribution in [0, 0.1) is 0 Å². The molecule has 1 saturated carbocycles. The van der Waals surface area contributed by atoms with Crippen molar-refractivity contribution in [3.05, 3.63) is 64.7 Å². The minimum Gasteiger partial charge on any atom is -0.325 e. The Labute approximate surface area is 147 Å². The van der Waals surface area contributed by atoms with Gasteiger partial charge in [-0.05, 0) is 48.7 Å². The molecule has 2 aromatic rings. The van der Waals surface area contributed by atoms with Crippen LogP contribution in [0.2, 0.25) is 5.02 Å². The number of halogens is 2. The van der Waals surface area contributed by atoms with E-state index in [1.54, 1.807) is 24.3 Å². The molecule has 2 atom stereocenters. The van der Waals surface area contributed by atoms with Crippen LogP contribution < -0.4 is 11.1 Å². The van der Waals surface area contributed by atoms with Gasteiger partial charge in [-0.15, -0.1) is 12.4 Å². The third-order valence-electron chi connectivity index (χ3n) is 4.43. The van der Waals surface area contributed by atoms with Gasteiger partial charge in [0.15, 0.2) is 0 Å². The third kappa shape index (κ3) is 3.86. The van der Waals surface area contributed by atoms with E-state index in [4.69, 9.17) is 17.3 Å². The lowest BCUT2D eigenvalue weighted by Crippen LogP contribution is -2.22. The van der Waals surface area contributed by atoms with E-state index in [1.807, 2.05) is 24.3 Å². The van der Waals surface area contributed by atoms with E-state index in [0.29, 0.717) is 16.5 Å². The van der Waals surface area contributed by atoms with Crippen molar-refractivity contribution in [3.8, 4) is 0 Å². The maximum atomic E-state index is 12.2. The van der Waals surface area contributed by atoms with Gasteiger partial charge in [0.25, 0.3) is 5.91 Å². The molecule has 1 fully saturated rings. The quantitative estimate of drug-likeness (QED) is 0.845. The zero-order chi connectivity index (χ0) is 15.7. The number of benzene rings is 2. The molecule has 2 aromatic carbocycles. The highest BCUT2D eigenvalue weighted by atomic mass is 35.5. The van der Waals surface area contributed by atoms with Crippen LogP contribution in [0.3, 0.4) is 0 Å². The first-order chi connectivity index (χ1) is 10.5. The Morgan fingerprint density at radius 2 is 2.00 bits per heavy atom. The van der Waals surface area contributed by atoms with E-state index in [2.05, 4.69) is 12.2 Å². The van der Waals surface area contributed by atoms with Crippen molar-refractivity contribution in [2.75, 3.05) is 5.32 Å². The van der Waals surface area contributed by atoms with Crippen molar-refractivity contribution in [3.63, 3.8) is 0 Å².